The highest BCUT2D eigenvalue weighted by Crippen LogP contribution is 2.30. The maximum absolute atomic E-state index is 12.8. The van der Waals surface area contributed by atoms with Crippen LogP contribution in [0.1, 0.15) is 22.8 Å². The molecule has 0 saturated carbocycles. The van der Waals surface area contributed by atoms with Crippen molar-refractivity contribution in [2.24, 2.45) is 0 Å². The van der Waals surface area contributed by atoms with Gasteiger partial charge < -0.3 is 5.32 Å². The monoisotopic (exact) mass is 342 g/mol. The molecule has 1 atom stereocenters. The van der Waals surface area contributed by atoms with Gasteiger partial charge in [0.25, 0.3) is 5.91 Å². The number of hydrogen-bond donors (Lipinski definition) is 1. The average Bonchev–Trinajstić information content (AvgIpc) is 2.80. The van der Waals surface area contributed by atoms with Gasteiger partial charge in [0.1, 0.15) is 5.54 Å². The lowest BCUT2D eigenvalue weighted by Crippen LogP contribution is -2.41. The van der Waals surface area contributed by atoms with Gasteiger partial charge in [-0.05, 0) is 24.6 Å². The summed E-state index contributed by atoms with van der Waals surface area (Å²) in [6, 6.07) is 14.7. The fraction of sp³-hybridized carbons (Fsp3) is 0.167. The van der Waals surface area contributed by atoms with Crippen molar-refractivity contribution < 1.29 is 14.4 Å². The van der Waals surface area contributed by atoms with Gasteiger partial charge in [-0.15, -0.1) is 0 Å². The van der Waals surface area contributed by atoms with Gasteiger partial charge in [-0.1, -0.05) is 54.1 Å². The van der Waals surface area contributed by atoms with E-state index in [1.807, 2.05) is 0 Å². The molecule has 0 spiro atoms. The maximum Gasteiger partial charge on any atom is 0.325 e. The molecular weight excluding hydrogens is 328 g/mol. The first-order valence-electron chi connectivity index (χ1n) is 7.40. The van der Waals surface area contributed by atoms with Crippen LogP contribution in [-0.2, 0) is 10.3 Å². The number of rotatable bonds is 4. The smallest absolute Gasteiger partial charge is 0.319 e. The van der Waals surface area contributed by atoms with Crippen LogP contribution in [0.25, 0.3) is 0 Å². The first-order chi connectivity index (χ1) is 11.4. The van der Waals surface area contributed by atoms with Gasteiger partial charge in [-0.3, -0.25) is 14.5 Å². The summed E-state index contributed by atoms with van der Waals surface area (Å²) in [7, 11) is 0. The standard InChI is InChI=1S/C18H15ClN2O3/c1-18(13-8-5-9-14(19)10-13)16(23)21(17(24)20-18)11-15(22)12-6-3-2-4-7-12/h2-10H,11H2,1H3,(H,20,24)/t18-/m0/s1. The molecule has 24 heavy (non-hydrogen) atoms. The van der Waals surface area contributed by atoms with Gasteiger partial charge in [0.15, 0.2) is 5.78 Å². The fourth-order valence-corrected chi connectivity index (χ4v) is 2.88. The number of nitrogens with one attached hydrogen (secondary N) is 1. The summed E-state index contributed by atoms with van der Waals surface area (Å²) in [5, 5.41) is 3.12. The second-order valence-electron chi connectivity index (χ2n) is 5.75. The molecule has 0 aliphatic carbocycles. The van der Waals surface area contributed by atoms with E-state index < -0.39 is 17.5 Å². The number of halogens is 1. The summed E-state index contributed by atoms with van der Waals surface area (Å²) in [4.78, 5) is 38.2. The molecule has 5 nitrogen and oxygen atoms in total. The molecule has 0 bridgehead atoms. The van der Waals surface area contributed by atoms with Crippen LogP contribution in [0.5, 0.6) is 0 Å². The number of nitrogens with zero attached hydrogens (tertiary/aromatic N) is 1. The average molecular weight is 343 g/mol. The van der Waals surface area contributed by atoms with E-state index in [0.717, 1.165) is 4.90 Å². The Kier molecular flexibility index (Phi) is 4.11. The van der Waals surface area contributed by atoms with Gasteiger partial charge >= 0.3 is 6.03 Å². The van der Waals surface area contributed by atoms with Crippen LogP contribution in [0.4, 0.5) is 4.79 Å². The minimum atomic E-state index is -1.24. The Labute approximate surface area is 144 Å². The van der Waals surface area contributed by atoms with Gasteiger partial charge in [-0.2, -0.15) is 0 Å². The molecule has 0 radical (unpaired) electrons. The number of Topliss-reactive ketones (excluding diaryl/α,β-unsaturated/α-hetero) is 1. The zero-order valence-electron chi connectivity index (χ0n) is 13.0. The van der Waals surface area contributed by atoms with Crippen LogP contribution in [0.3, 0.4) is 0 Å². The molecule has 1 fully saturated rings. The number of benzene rings is 2. The van der Waals surface area contributed by atoms with Crippen molar-refractivity contribution in [3.8, 4) is 0 Å². The van der Waals surface area contributed by atoms with E-state index >= 15 is 0 Å². The Morgan fingerprint density at radius 3 is 2.50 bits per heavy atom. The predicted molar refractivity (Wildman–Crippen MR) is 89.8 cm³/mol. The first-order valence-corrected chi connectivity index (χ1v) is 7.78. The molecule has 2 aromatic carbocycles. The number of imide groups is 1. The topological polar surface area (TPSA) is 66.5 Å². The van der Waals surface area contributed by atoms with Gasteiger partial charge in [0.2, 0.25) is 0 Å². The van der Waals surface area contributed by atoms with Crippen LogP contribution in [0.15, 0.2) is 54.6 Å². The van der Waals surface area contributed by atoms with Crippen LogP contribution in [-0.4, -0.2) is 29.2 Å². The highest BCUT2D eigenvalue weighted by molar-refractivity contribution is 6.30. The van der Waals surface area contributed by atoms with Crippen molar-refractivity contribution in [3.63, 3.8) is 0 Å². The van der Waals surface area contributed by atoms with Crippen molar-refractivity contribution in [1.82, 2.24) is 10.2 Å². The molecule has 0 aromatic heterocycles. The van der Waals surface area contributed by atoms with E-state index in [2.05, 4.69) is 5.32 Å². The van der Waals surface area contributed by atoms with Gasteiger partial charge in [0, 0.05) is 10.6 Å². The molecule has 1 aliphatic rings. The van der Waals surface area contributed by atoms with Crippen LogP contribution >= 0.6 is 11.6 Å². The lowest BCUT2D eigenvalue weighted by atomic mass is 9.92. The zero-order valence-corrected chi connectivity index (χ0v) is 13.7. The number of ketones is 1. The summed E-state index contributed by atoms with van der Waals surface area (Å²) in [5.74, 6) is -0.770. The molecule has 6 heteroatoms. The van der Waals surface area contributed by atoms with E-state index in [1.165, 1.54) is 0 Å². The fourth-order valence-electron chi connectivity index (χ4n) is 2.69. The van der Waals surface area contributed by atoms with E-state index in [4.69, 9.17) is 11.6 Å². The zero-order chi connectivity index (χ0) is 17.3. The highest BCUT2D eigenvalue weighted by atomic mass is 35.5. The molecular formula is C18H15ClN2O3. The Hall–Kier alpha value is -2.66. The van der Waals surface area contributed by atoms with Crippen molar-refractivity contribution in [1.29, 1.82) is 0 Å². The number of urea groups is 1. The summed E-state index contributed by atoms with van der Waals surface area (Å²) >= 11 is 5.98. The summed E-state index contributed by atoms with van der Waals surface area (Å²) in [6.07, 6.45) is 0. The molecule has 2 aromatic rings. The highest BCUT2D eigenvalue weighted by Gasteiger charge is 2.49. The number of amides is 3. The lowest BCUT2D eigenvalue weighted by Gasteiger charge is -2.22. The van der Waals surface area contributed by atoms with E-state index in [1.54, 1.807) is 61.5 Å². The van der Waals surface area contributed by atoms with Crippen molar-refractivity contribution in [2.75, 3.05) is 6.54 Å². The van der Waals surface area contributed by atoms with E-state index in [9.17, 15) is 14.4 Å². The Balaban J connectivity index is 1.85. The maximum atomic E-state index is 12.8. The first kappa shape index (κ1) is 16.2. The molecule has 1 N–H and O–H groups in total. The lowest BCUT2D eigenvalue weighted by molar-refractivity contribution is -0.130. The predicted octanol–water partition coefficient (Wildman–Crippen LogP) is 2.99. The molecule has 1 saturated heterocycles. The van der Waals surface area contributed by atoms with Crippen LogP contribution < -0.4 is 5.32 Å². The quantitative estimate of drug-likeness (QED) is 0.686. The third kappa shape index (κ3) is 2.78. The SMILES string of the molecule is C[C@@]1(c2cccc(Cl)c2)NC(=O)N(CC(=O)c2ccccc2)C1=O. The molecule has 122 valence electrons. The number of hydrogen-bond acceptors (Lipinski definition) is 3. The minimum absolute atomic E-state index is 0.297. The molecule has 1 aliphatic heterocycles. The molecule has 3 amide bonds. The second kappa shape index (κ2) is 6.09. The number of carbonyl (C=O) groups is 3. The molecule has 1 heterocycles. The minimum Gasteiger partial charge on any atom is -0.319 e. The summed E-state index contributed by atoms with van der Waals surface area (Å²) in [6.45, 7) is 1.30. The largest absolute Gasteiger partial charge is 0.325 e. The van der Waals surface area contributed by atoms with Crippen molar-refractivity contribution >= 4 is 29.3 Å². The van der Waals surface area contributed by atoms with Crippen molar-refractivity contribution in [2.45, 2.75) is 12.5 Å². The molecule has 3 rings (SSSR count). The third-order valence-electron chi connectivity index (χ3n) is 4.07. The van der Waals surface area contributed by atoms with E-state index in [0.29, 0.717) is 16.1 Å². The Bertz CT molecular complexity index is 822. The summed E-state index contributed by atoms with van der Waals surface area (Å²) < 4.78 is 0. The van der Waals surface area contributed by atoms with Crippen LogP contribution in [0.2, 0.25) is 5.02 Å². The summed E-state index contributed by atoms with van der Waals surface area (Å²) in [5.41, 5.74) is -0.212. The second-order valence-corrected chi connectivity index (χ2v) is 6.18. The van der Waals surface area contributed by atoms with Gasteiger partial charge in [-0.25, -0.2) is 4.79 Å². The Morgan fingerprint density at radius 1 is 1.12 bits per heavy atom. The third-order valence-corrected chi connectivity index (χ3v) is 4.31. The van der Waals surface area contributed by atoms with Crippen molar-refractivity contribution in [3.05, 3.63) is 70.7 Å². The Morgan fingerprint density at radius 2 is 1.83 bits per heavy atom. The molecule has 0 unspecified atom stereocenters. The van der Waals surface area contributed by atoms with Crippen LogP contribution in [0, 0.1) is 0 Å². The normalized spacial score (nSPS) is 20.2. The van der Waals surface area contributed by atoms with Gasteiger partial charge in [0.05, 0.1) is 6.54 Å². The van der Waals surface area contributed by atoms with E-state index in [-0.39, 0.29) is 12.3 Å². The number of carbonyl (C=O) groups excluding carboxylic acids is 3.